The normalized spacial score (nSPS) is 11.1. The number of carbonyl (C=O) groups excluding carboxylic acids is 2. The summed E-state index contributed by atoms with van der Waals surface area (Å²) < 4.78 is 5.03. The average Bonchev–Trinajstić information content (AvgIpc) is 2.62. The number of hydrogen-bond donors (Lipinski definition) is 1. The molecule has 2 rings (SSSR count). The van der Waals surface area contributed by atoms with Crippen molar-refractivity contribution in [1.82, 2.24) is 0 Å². The van der Waals surface area contributed by atoms with Crippen LogP contribution in [0.15, 0.2) is 48.0 Å². The number of ketones is 2. The Morgan fingerprint density at radius 2 is 1.69 bits per heavy atom. The Morgan fingerprint density at radius 3 is 2.27 bits per heavy atom. The lowest BCUT2D eigenvalue weighted by Gasteiger charge is -2.10. The van der Waals surface area contributed by atoms with Crippen molar-refractivity contribution in [2.45, 2.75) is 6.92 Å². The number of allylic oxidation sites excluding steroid dienone is 1. The van der Waals surface area contributed by atoms with E-state index in [9.17, 15) is 14.4 Å². The Kier molecular flexibility index (Phi) is 6.55. The molecule has 2 aromatic carbocycles. The van der Waals surface area contributed by atoms with E-state index in [0.717, 1.165) is 0 Å². The monoisotopic (exact) mass is 392 g/mol. The number of benzene rings is 2. The highest BCUT2D eigenvalue weighted by Gasteiger charge is 2.18. The molecule has 0 aromatic heterocycles. The van der Waals surface area contributed by atoms with Crippen LogP contribution in [0.3, 0.4) is 0 Å². The molecule has 0 saturated heterocycles. The fourth-order valence-corrected chi connectivity index (χ4v) is 2.57. The Labute approximate surface area is 159 Å². The van der Waals surface area contributed by atoms with Gasteiger partial charge in [0.1, 0.15) is 10.8 Å². The second-order valence-electron chi connectivity index (χ2n) is 5.27. The quantitative estimate of drug-likeness (QED) is 0.328. The van der Waals surface area contributed by atoms with Gasteiger partial charge in [-0.15, -0.1) is 0 Å². The second kappa shape index (κ2) is 8.65. The SMILES string of the molecule is CC(=O)C(=Cc1ccc(OCC(=O)O)c(Cl)c1Cl)C(=O)c1ccccc1. The molecule has 0 bridgehead atoms. The van der Waals surface area contributed by atoms with Gasteiger partial charge < -0.3 is 9.84 Å². The molecule has 0 aliphatic heterocycles. The molecule has 0 saturated carbocycles. The van der Waals surface area contributed by atoms with E-state index in [4.69, 9.17) is 33.0 Å². The first-order valence-corrected chi connectivity index (χ1v) is 8.21. The highest BCUT2D eigenvalue weighted by atomic mass is 35.5. The number of carbonyl (C=O) groups is 3. The number of halogens is 2. The van der Waals surface area contributed by atoms with Crippen molar-refractivity contribution in [2.24, 2.45) is 0 Å². The van der Waals surface area contributed by atoms with Crippen LogP contribution in [-0.4, -0.2) is 29.2 Å². The van der Waals surface area contributed by atoms with Crippen LogP contribution < -0.4 is 4.74 Å². The Hall–Kier alpha value is -2.63. The summed E-state index contributed by atoms with van der Waals surface area (Å²) in [6, 6.07) is 11.3. The van der Waals surface area contributed by atoms with E-state index >= 15 is 0 Å². The Morgan fingerprint density at radius 1 is 1.04 bits per heavy atom. The molecule has 0 amide bonds. The van der Waals surface area contributed by atoms with Gasteiger partial charge >= 0.3 is 5.97 Å². The summed E-state index contributed by atoms with van der Waals surface area (Å²) >= 11 is 12.3. The average molecular weight is 393 g/mol. The van der Waals surface area contributed by atoms with Crippen LogP contribution in [0, 0.1) is 0 Å². The van der Waals surface area contributed by atoms with Crippen LogP contribution >= 0.6 is 23.2 Å². The molecule has 5 nitrogen and oxygen atoms in total. The molecule has 0 heterocycles. The third-order valence-corrected chi connectivity index (χ3v) is 4.27. The smallest absolute Gasteiger partial charge is 0.341 e. The molecule has 0 radical (unpaired) electrons. The van der Waals surface area contributed by atoms with Crippen LogP contribution in [0.2, 0.25) is 10.0 Å². The fourth-order valence-electron chi connectivity index (χ4n) is 2.14. The van der Waals surface area contributed by atoms with E-state index < -0.39 is 24.1 Å². The number of carboxylic acid groups (broad SMARTS) is 1. The first-order chi connectivity index (χ1) is 12.3. The number of hydrogen-bond acceptors (Lipinski definition) is 4. The highest BCUT2D eigenvalue weighted by molar-refractivity contribution is 6.44. The van der Waals surface area contributed by atoms with Crippen molar-refractivity contribution in [3.63, 3.8) is 0 Å². The van der Waals surface area contributed by atoms with E-state index in [2.05, 4.69) is 0 Å². The van der Waals surface area contributed by atoms with E-state index in [0.29, 0.717) is 11.1 Å². The zero-order valence-corrected chi connectivity index (χ0v) is 15.2. The maximum Gasteiger partial charge on any atom is 0.341 e. The fraction of sp³-hybridized carbons (Fsp3) is 0.105. The van der Waals surface area contributed by atoms with Crippen molar-refractivity contribution < 1.29 is 24.2 Å². The first-order valence-electron chi connectivity index (χ1n) is 7.46. The Balaban J connectivity index is 2.41. The van der Waals surface area contributed by atoms with Gasteiger partial charge in [-0.2, -0.15) is 0 Å². The predicted octanol–water partition coefficient (Wildman–Crippen LogP) is 4.31. The van der Waals surface area contributed by atoms with Crippen molar-refractivity contribution in [3.8, 4) is 5.75 Å². The number of carboxylic acids is 1. The first kappa shape index (κ1) is 19.7. The summed E-state index contributed by atoms with van der Waals surface area (Å²) in [4.78, 5) is 35.1. The summed E-state index contributed by atoms with van der Waals surface area (Å²) in [5.41, 5.74) is 0.666. The lowest BCUT2D eigenvalue weighted by molar-refractivity contribution is -0.139. The molecule has 0 unspecified atom stereocenters. The summed E-state index contributed by atoms with van der Waals surface area (Å²) in [5.74, 6) is -1.92. The number of Topliss-reactive ketones (excluding diaryl/α,β-unsaturated/α-hetero) is 2. The van der Waals surface area contributed by atoms with Crippen molar-refractivity contribution >= 4 is 46.8 Å². The molecule has 134 valence electrons. The molecule has 26 heavy (non-hydrogen) atoms. The van der Waals surface area contributed by atoms with E-state index in [1.807, 2.05) is 0 Å². The van der Waals surface area contributed by atoms with Crippen LogP contribution in [0.25, 0.3) is 6.08 Å². The molecule has 7 heteroatoms. The highest BCUT2D eigenvalue weighted by Crippen LogP contribution is 2.36. The third kappa shape index (κ3) is 4.71. The summed E-state index contributed by atoms with van der Waals surface area (Å²) in [6.07, 6.45) is 1.35. The van der Waals surface area contributed by atoms with E-state index in [1.165, 1.54) is 25.1 Å². The minimum Gasteiger partial charge on any atom is -0.480 e. The minimum absolute atomic E-state index is 0.00303. The summed E-state index contributed by atoms with van der Waals surface area (Å²) in [5, 5.41) is 8.70. The molecule has 0 spiro atoms. The molecule has 0 aliphatic carbocycles. The number of ether oxygens (including phenoxy) is 1. The van der Waals surface area contributed by atoms with Gasteiger partial charge in [-0.25, -0.2) is 4.79 Å². The zero-order chi connectivity index (χ0) is 19.3. The van der Waals surface area contributed by atoms with Crippen molar-refractivity contribution in [3.05, 3.63) is 69.2 Å². The van der Waals surface area contributed by atoms with Gasteiger partial charge in [0.15, 0.2) is 18.2 Å². The van der Waals surface area contributed by atoms with Gasteiger partial charge in [0.05, 0.1) is 10.6 Å². The van der Waals surface area contributed by atoms with E-state index in [-0.39, 0.29) is 21.4 Å². The molecule has 0 fully saturated rings. The van der Waals surface area contributed by atoms with Gasteiger partial charge in [0, 0.05) is 5.56 Å². The van der Waals surface area contributed by atoms with Crippen LogP contribution in [0.4, 0.5) is 0 Å². The van der Waals surface area contributed by atoms with Crippen LogP contribution in [0.5, 0.6) is 5.75 Å². The van der Waals surface area contributed by atoms with Gasteiger partial charge in [-0.3, -0.25) is 9.59 Å². The lowest BCUT2D eigenvalue weighted by Crippen LogP contribution is -2.11. The summed E-state index contributed by atoms with van der Waals surface area (Å²) in [7, 11) is 0. The second-order valence-corrected chi connectivity index (χ2v) is 6.03. The molecule has 0 atom stereocenters. The van der Waals surface area contributed by atoms with Crippen LogP contribution in [0.1, 0.15) is 22.8 Å². The minimum atomic E-state index is -1.16. The lowest BCUT2D eigenvalue weighted by atomic mass is 9.98. The zero-order valence-electron chi connectivity index (χ0n) is 13.7. The van der Waals surface area contributed by atoms with Crippen molar-refractivity contribution in [1.29, 1.82) is 0 Å². The number of aliphatic carboxylic acids is 1. The van der Waals surface area contributed by atoms with Gasteiger partial charge in [-0.1, -0.05) is 53.5 Å². The largest absolute Gasteiger partial charge is 0.480 e. The third-order valence-electron chi connectivity index (χ3n) is 3.39. The molecular formula is C19H14Cl2O5. The maximum absolute atomic E-state index is 12.6. The standard InChI is InChI=1S/C19H14Cl2O5/c1-11(22)14(19(25)12-5-3-2-4-6-12)9-13-7-8-15(18(21)17(13)20)26-10-16(23)24/h2-9H,10H2,1H3,(H,23,24). The van der Waals surface area contributed by atoms with E-state index in [1.54, 1.807) is 30.3 Å². The topological polar surface area (TPSA) is 80.7 Å². The molecular weight excluding hydrogens is 379 g/mol. The number of rotatable bonds is 7. The van der Waals surface area contributed by atoms with Gasteiger partial charge in [0.25, 0.3) is 0 Å². The predicted molar refractivity (Wildman–Crippen MR) is 99.0 cm³/mol. The molecule has 0 aliphatic rings. The van der Waals surface area contributed by atoms with Gasteiger partial charge in [0.2, 0.25) is 0 Å². The molecule has 2 aromatic rings. The van der Waals surface area contributed by atoms with Gasteiger partial charge in [-0.05, 0) is 30.7 Å². The Bertz CT molecular complexity index is 888. The maximum atomic E-state index is 12.6. The molecule has 1 N–H and O–H groups in total. The summed E-state index contributed by atoms with van der Waals surface area (Å²) in [6.45, 7) is 0.711. The van der Waals surface area contributed by atoms with Crippen molar-refractivity contribution in [2.75, 3.05) is 6.61 Å². The van der Waals surface area contributed by atoms with Crippen LogP contribution in [-0.2, 0) is 9.59 Å².